The summed E-state index contributed by atoms with van der Waals surface area (Å²) in [6.07, 6.45) is -6.68. The van der Waals surface area contributed by atoms with Crippen LogP contribution in [0.4, 0.5) is 0 Å². The maximum Gasteiger partial charge on any atom is 0.115 e. The molecule has 1 fully saturated rings. The molecule has 1 saturated carbocycles. The van der Waals surface area contributed by atoms with Crippen LogP contribution < -0.4 is 0 Å². The largest absolute Gasteiger partial charge is 0.387 e. The van der Waals surface area contributed by atoms with Crippen LogP contribution in [0, 0.1) is 0 Å². The Hall–Kier alpha value is -2.58. The molecule has 6 atom stereocenters. The average Bonchev–Trinajstić information content (AvgIpc) is 2.86. The van der Waals surface area contributed by atoms with Gasteiger partial charge in [-0.1, -0.05) is 91.0 Å². The van der Waals surface area contributed by atoms with E-state index in [-0.39, 0.29) is 19.8 Å². The van der Waals surface area contributed by atoms with Gasteiger partial charge in [0, 0.05) is 0 Å². The summed E-state index contributed by atoms with van der Waals surface area (Å²) in [6.45, 7) is 0.623. The van der Waals surface area contributed by atoms with Crippen molar-refractivity contribution in [1.29, 1.82) is 0 Å². The lowest BCUT2D eigenvalue weighted by atomic mass is 9.84. The second-order valence-electron chi connectivity index (χ2n) is 8.26. The van der Waals surface area contributed by atoms with E-state index < -0.39 is 36.6 Å². The number of aliphatic hydroxyl groups excluding tert-OH is 3. The molecule has 0 amide bonds. The summed E-state index contributed by atoms with van der Waals surface area (Å²) in [7, 11) is 0. The van der Waals surface area contributed by atoms with Crippen LogP contribution in [0.25, 0.3) is 0 Å². The minimum Gasteiger partial charge on any atom is -0.387 e. The molecule has 6 heteroatoms. The Kier molecular flexibility index (Phi) is 8.23. The van der Waals surface area contributed by atoms with Crippen LogP contribution in [0.1, 0.15) is 16.7 Å². The fourth-order valence-corrected chi connectivity index (χ4v) is 4.05. The van der Waals surface area contributed by atoms with Gasteiger partial charge in [0.1, 0.15) is 36.6 Å². The minimum absolute atomic E-state index is 0.188. The van der Waals surface area contributed by atoms with E-state index in [1.165, 1.54) is 0 Å². The highest BCUT2D eigenvalue weighted by Crippen LogP contribution is 2.30. The van der Waals surface area contributed by atoms with E-state index in [1.807, 2.05) is 91.0 Å². The Labute approximate surface area is 194 Å². The van der Waals surface area contributed by atoms with Gasteiger partial charge in [-0.25, -0.2) is 0 Å². The molecule has 0 heterocycles. The number of aliphatic hydroxyl groups is 3. The van der Waals surface area contributed by atoms with Crippen molar-refractivity contribution >= 4 is 0 Å². The maximum absolute atomic E-state index is 11.1. The Morgan fingerprint density at radius 2 is 0.727 bits per heavy atom. The predicted molar refractivity (Wildman–Crippen MR) is 123 cm³/mol. The van der Waals surface area contributed by atoms with Crippen LogP contribution in [-0.4, -0.2) is 51.9 Å². The predicted octanol–water partition coefficient (Wildman–Crippen LogP) is 2.84. The highest BCUT2D eigenvalue weighted by atomic mass is 16.6. The molecule has 174 valence electrons. The van der Waals surface area contributed by atoms with Gasteiger partial charge in [-0.05, 0) is 16.7 Å². The summed E-state index contributed by atoms with van der Waals surface area (Å²) in [6, 6.07) is 28.6. The zero-order chi connectivity index (χ0) is 23.0. The van der Waals surface area contributed by atoms with E-state index in [1.54, 1.807) is 0 Å². The van der Waals surface area contributed by atoms with Gasteiger partial charge >= 0.3 is 0 Å². The summed E-state index contributed by atoms with van der Waals surface area (Å²) >= 11 is 0. The lowest BCUT2D eigenvalue weighted by Crippen LogP contribution is -2.65. The minimum atomic E-state index is -1.33. The molecule has 0 unspecified atom stereocenters. The summed E-state index contributed by atoms with van der Waals surface area (Å²) < 4.78 is 17.9. The van der Waals surface area contributed by atoms with Crippen molar-refractivity contribution in [2.45, 2.75) is 56.4 Å². The molecule has 0 aromatic heterocycles. The van der Waals surface area contributed by atoms with Gasteiger partial charge < -0.3 is 29.5 Å². The Balaban J connectivity index is 1.49. The Morgan fingerprint density at radius 3 is 1.12 bits per heavy atom. The fourth-order valence-electron chi connectivity index (χ4n) is 4.05. The van der Waals surface area contributed by atoms with E-state index in [2.05, 4.69) is 0 Å². The number of ether oxygens (including phenoxy) is 3. The third kappa shape index (κ3) is 6.06. The average molecular weight is 451 g/mol. The van der Waals surface area contributed by atoms with Crippen molar-refractivity contribution < 1.29 is 29.5 Å². The summed E-state index contributed by atoms with van der Waals surface area (Å²) in [4.78, 5) is 0. The summed E-state index contributed by atoms with van der Waals surface area (Å²) in [5, 5.41) is 32.8. The van der Waals surface area contributed by atoms with Crippen molar-refractivity contribution in [3.05, 3.63) is 108 Å². The highest BCUT2D eigenvalue weighted by Gasteiger charge is 2.51. The Bertz CT molecular complexity index is 952. The first-order valence-electron chi connectivity index (χ1n) is 11.1. The van der Waals surface area contributed by atoms with Gasteiger partial charge in [-0.3, -0.25) is 0 Å². The van der Waals surface area contributed by atoms with Crippen LogP contribution in [0.3, 0.4) is 0 Å². The summed E-state index contributed by atoms with van der Waals surface area (Å²) in [5.74, 6) is 0. The van der Waals surface area contributed by atoms with E-state index in [0.29, 0.717) is 0 Å². The smallest absolute Gasteiger partial charge is 0.115 e. The van der Waals surface area contributed by atoms with E-state index >= 15 is 0 Å². The first-order chi connectivity index (χ1) is 16.1. The highest BCUT2D eigenvalue weighted by molar-refractivity contribution is 5.16. The second kappa shape index (κ2) is 11.5. The molecule has 1 aliphatic carbocycles. The zero-order valence-corrected chi connectivity index (χ0v) is 18.3. The molecule has 0 bridgehead atoms. The number of hydrogen-bond acceptors (Lipinski definition) is 6. The zero-order valence-electron chi connectivity index (χ0n) is 18.3. The van der Waals surface area contributed by atoms with Gasteiger partial charge in [0.25, 0.3) is 0 Å². The lowest BCUT2D eigenvalue weighted by Gasteiger charge is -2.45. The molecule has 4 rings (SSSR count). The molecule has 33 heavy (non-hydrogen) atoms. The quantitative estimate of drug-likeness (QED) is 0.465. The van der Waals surface area contributed by atoms with Crippen molar-refractivity contribution in [3.8, 4) is 0 Å². The maximum atomic E-state index is 11.1. The summed E-state index contributed by atoms with van der Waals surface area (Å²) in [5.41, 5.74) is 2.74. The molecule has 0 spiro atoms. The van der Waals surface area contributed by atoms with E-state index in [9.17, 15) is 15.3 Å². The molecular weight excluding hydrogens is 420 g/mol. The van der Waals surface area contributed by atoms with Crippen molar-refractivity contribution in [3.63, 3.8) is 0 Å². The fraction of sp³-hybridized carbons (Fsp3) is 0.333. The Morgan fingerprint density at radius 1 is 0.424 bits per heavy atom. The molecule has 1 aliphatic rings. The standard InChI is InChI=1S/C27H30O6/c28-22-23(29)26(32-17-20-12-6-2-7-13-20)27(33-18-21-14-8-3-9-15-21)24(30)25(22)31-16-19-10-4-1-5-11-19/h1-15,22-30H,16-18H2/t22-,23+,24-,25+,26+,27-/m0/s1. The second-order valence-corrected chi connectivity index (χ2v) is 8.26. The van der Waals surface area contributed by atoms with Crippen LogP contribution in [0.15, 0.2) is 91.0 Å². The van der Waals surface area contributed by atoms with Gasteiger partial charge in [0.15, 0.2) is 0 Å². The van der Waals surface area contributed by atoms with Crippen molar-refractivity contribution in [2.75, 3.05) is 0 Å². The van der Waals surface area contributed by atoms with Gasteiger partial charge in [-0.15, -0.1) is 0 Å². The number of rotatable bonds is 9. The number of hydrogen-bond donors (Lipinski definition) is 3. The van der Waals surface area contributed by atoms with E-state index in [0.717, 1.165) is 16.7 Å². The van der Waals surface area contributed by atoms with Gasteiger partial charge in [0.2, 0.25) is 0 Å². The van der Waals surface area contributed by atoms with Crippen LogP contribution in [-0.2, 0) is 34.0 Å². The first-order valence-corrected chi connectivity index (χ1v) is 11.1. The van der Waals surface area contributed by atoms with Crippen LogP contribution >= 0.6 is 0 Å². The topological polar surface area (TPSA) is 88.4 Å². The van der Waals surface area contributed by atoms with Crippen molar-refractivity contribution in [1.82, 2.24) is 0 Å². The third-order valence-electron chi connectivity index (χ3n) is 5.88. The molecule has 6 nitrogen and oxygen atoms in total. The molecular formula is C27H30O6. The third-order valence-corrected chi connectivity index (χ3v) is 5.88. The molecule has 0 saturated heterocycles. The molecule has 3 N–H and O–H groups in total. The molecule has 3 aromatic carbocycles. The monoisotopic (exact) mass is 450 g/mol. The van der Waals surface area contributed by atoms with Crippen LogP contribution in [0.5, 0.6) is 0 Å². The SMILES string of the molecule is O[C@@H]1[C@H](O)[C@@H](OCc2ccccc2)[C@H](O)[C@H](OCc2ccccc2)[C@@H]1OCc1ccccc1. The lowest BCUT2D eigenvalue weighted by molar-refractivity contribution is -0.262. The molecule has 0 radical (unpaired) electrons. The molecule has 0 aliphatic heterocycles. The first kappa shape index (κ1) is 23.6. The number of benzene rings is 3. The normalized spacial score (nSPS) is 27.4. The van der Waals surface area contributed by atoms with Crippen molar-refractivity contribution in [2.24, 2.45) is 0 Å². The molecule has 3 aromatic rings. The van der Waals surface area contributed by atoms with Gasteiger partial charge in [0.05, 0.1) is 19.8 Å². The van der Waals surface area contributed by atoms with Crippen LogP contribution in [0.2, 0.25) is 0 Å². The van der Waals surface area contributed by atoms with Gasteiger partial charge in [-0.2, -0.15) is 0 Å². The van der Waals surface area contributed by atoms with E-state index in [4.69, 9.17) is 14.2 Å².